The summed E-state index contributed by atoms with van der Waals surface area (Å²) in [6, 6.07) is 10.4. The van der Waals surface area contributed by atoms with Gasteiger partial charge in [-0.05, 0) is 18.4 Å². The van der Waals surface area contributed by atoms with E-state index < -0.39 is 0 Å². The Labute approximate surface area is 143 Å². The van der Waals surface area contributed by atoms with Gasteiger partial charge in [0.15, 0.2) is 5.79 Å². The van der Waals surface area contributed by atoms with Crippen LogP contribution in [0.2, 0.25) is 0 Å². The number of thioether (sulfide) groups is 1. The van der Waals surface area contributed by atoms with E-state index in [2.05, 4.69) is 24.3 Å². The SMILES string of the molecule is c1ccc(CO[C@H]2CSC[C@@H]3OC4(CCCCC4)O[C@@H]3C2)cc1. The standard InChI is InChI=1S/C19H26O3S/c1-3-7-15(8-4-1)12-20-16-11-17-18(14-23-13-16)22-19(21-17)9-5-2-6-10-19/h1,3-4,7-8,16-18H,2,5-6,9-14H2/t16-,17-,18+/m1/s1. The monoisotopic (exact) mass is 334 g/mol. The van der Waals surface area contributed by atoms with Crippen molar-refractivity contribution < 1.29 is 14.2 Å². The minimum absolute atomic E-state index is 0.212. The van der Waals surface area contributed by atoms with E-state index in [1.54, 1.807) is 0 Å². The molecule has 1 aromatic rings. The molecular formula is C19H26O3S. The Bertz CT molecular complexity index is 501. The number of hydrogen-bond donors (Lipinski definition) is 0. The number of fused-ring (bicyclic) bond motifs is 1. The first-order valence-electron chi connectivity index (χ1n) is 8.92. The van der Waals surface area contributed by atoms with Crippen LogP contribution in [-0.2, 0) is 20.8 Å². The van der Waals surface area contributed by atoms with Gasteiger partial charge in [0.05, 0.1) is 24.9 Å². The summed E-state index contributed by atoms with van der Waals surface area (Å²) in [6.07, 6.45) is 7.62. The summed E-state index contributed by atoms with van der Waals surface area (Å²) in [5.74, 6) is 1.81. The molecule has 2 saturated heterocycles. The molecule has 0 unspecified atom stereocenters. The van der Waals surface area contributed by atoms with E-state index in [0.29, 0.717) is 6.61 Å². The molecule has 0 N–H and O–H groups in total. The van der Waals surface area contributed by atoms with Crippen LogP contribution in [0.5, 0.6) is 0 Å². The van der Waals surface area contributed by atoms with Gasteiger partial charge in [-0.3, -0.25) is 0 Å². The highest BCUT2D eigenvalue weighted by Gasteiger charge is 2.49. The summed E-state index contributed by atoms with van der Waals surface area (Å²) in [6.45, 7) is 0.690. The van der Waals surface area contributed by atoms with Crippen LogP contribution in [0.4, 0.5) is 0 Å². The Balaban J connectivity index is 1.35. The highest BCUT2D eigenvalue weighted by atomic mass is 32.2. The molecule has 0 radical (unpaired) electrons. The quantitative estimate of drug-likeness (QED) is 0.830. The molecule has 1 spiro atoms. The fourth-order valence-electron chi connectivity index (χ4n) is 3.95. The van der Waals surface area contributed by atoms with E-state index in [1.165, 1.54) is 24.8 Å². The molecule has 3 nitrogen and oxygen atoms in total. The summed E-state index contributed by atoms with van der Waals surface area (Å²) in [5.41, 5.74) is 1.24. The van der Waals surface area contributed by atoms with E-state index in [9.17, 15) is 0 Å². The topological polar surface area (TPSA) is 27.7 Å². The largest absolute Gasteiger partial charge is 0.373 e. The zero-order chi connectivity index (χ0) is 15.5. The van der Waals surface area contributed by atoms with E-state index in [0.717, 1.165) is 30.8 Å². The van der Waals surface area contributed by atoms with E-state index >= 15 is 0 Å². The molecule has 0 amide bonds. The Hall–Kier alpha value is -0.550. The van der Waals surface area contributed by atoms with Crippen molar-refractivity contribution in [1.29, 1.82) is 0 Å². The summed E-state index contributed by atoms with van der Waals surface area (Å²) >= 11 is 1.95. The Morgan fingerprint density at radius 2 is 1.78 bits per heavy atom. The molecule has 4 heteroatoms. The van der Waals surface area contributed by atoms with Crippen molar-refractivity contribution in [2.75, 3.05) is 11.5 Å². The van der Waals surface area contributed by atoms with Crippen LogP contribution in [0, 0.1) is 0 Å². The molecule has 1 aliphatic carbocycles. The van der Waals surface area contributed by atoms with E-state index in [4.69, 9.17) is 14.2 Å². The van der Waals surface area contributed by atoms with Gasteiger partial charge in [-0.25, -0.2) is 0 Å². The first kappa shape index (κ1) is 15.9. The molecule has 3 fully saturated rings. The van der Waals surface area contributed by atoms with Crippen molar-refractivity contribution in [3.8, 4) is 0 Å². The average Bonchev–Trinajstić information content (AvgIpc) is 2.79. The van der Waals surface area contributed by atoms with Crippen LogP contribution in [0.3, 0.4) is 0 Å². The van der Waals surface area contributed by atoms with Gasteiger partial charge >= 0.3 is 0 Å². The second-order valence-corrected chi connectivity index (χ2v) is 8.05. The van der Waals surface area contributed by atoms with Gasteiger partial charge in [-0.1, -0.05) is 36.8 Å². The van der Waals surface area contributed by atoms with Crippen LogP contribution in [-0.4, -0.2) is 35.6 Å². The Kier molecular flexibility index (Phi) is 4.95. The predicted octanol–water partition coefficient (Wildman–Crippen LogP) is 4.15. The molecule has 1 aromatic carbocycles. The van der Waals surface area contributed by atoms with Crippen LogP contribution in [0.1, 0.15) is 44.1 Å². The minimum Gasteiger partial charge on any atom is -0.373 e. The lowest BCUT2D eigenvalue weighted by atomic mass is 9.94. The molecule has 23 heavy (non-hydrogen) atoms. The molecule has 2 heterocycles. The van der Waals surface area contributed by atoms with Crippen molar-refractivity contribution in [3.05, 3.63) is 35.9 Å². The van der Waals surface area contributed by atoms with Gasteiger partial charge in [0.25, 0.3) is 0 Å². The first-order chi connectivity index (χ1) is 11.3. The van der Waals surface area contributed by atoms with E-state index in [-0.39, 0.29) is 24.1 Å². The number of rotatable bonds is 3. The lowest BCUT2D eigenvalue weighted by Crippen LogP contribution is -2.34. The molecule has 0 bridgehead atoms. The normalized spacial score (nSPS) is 33.3. The molecular weight excluding hydrogens is 308 g/mol. The van der Waals surface area contributed by atoms with Gasteiger partial charge in [-0.2, -0.15) is 11.8 Å². The lowest BCUT2D eigenvalue weighted by Gasteiger charge is -2.32. The molecule has 3 aliphatic rings. The van der Waals surface area contributed by atoms with Gasteiger partial charge in [0.2, 0.25) is 0 Å². The minimum atomic E-state index is -0.268. The van der Waals surface area contributed by atoms with Crippen molar-refractivity contribution in [3.63, 3.8) is 0 Å². The smallest absolute Gasteiger partial charge is 0.169 e. The zero-order valence-corrected chi connectivity index (χ0v) is 14.4. The zero-order valence-electron chi connectivity index (χ0n) is 13.6. The number of hydrogen-bond acceptors (Lipinski definition) is 4. The first-order valence-corrected chi connectivity index (χ1v) is 10.1. The maximum absolute atomic E-state index is 6.44. The number of benzene rings is 1. The number of ether oxygens (including phenoxy) is 3. The lowest BCUT2D eigenvalue weighted by molar-refractivity contribution is -0.194. The van der Waals surface area contributed by atoms with Gasteiger partial charge in [-0.15, -0.1) is 0 Å². The maximum atomic E-state index is 6.44. The summed E-state index contributed by atoms with van der Waals surface area (Å²) < 4.78 is 19.0. The van der Waals surface area contributed by atoms with Crippen molar-refractivity contribution >= 4 is 11.8 Å². The maximum Gasteiger partial charge on any atom is 0.169 e. The molecule has 4 rings (SSSR count). The van der Waals surface area contributed by atoms with Gasteiger partial charge in [0.1, 0.15) is 0 Å². The molecule has 3 atom stereocenters. The molecule has 1 saturated carbocycles. The molecule has 2 aliphatic heterocycles. The third-order valence-corrected chi connectivity index (χ3v) is 6.34. The van der Waals surface area contributed by atoms with Crippen LogP contribution < -0.4 is 0 Å². The summed E-state index contributed by atoms with van der Waals surface area (Å²) in [5, 5.41) is 0. The highest BCUT2D eigenvalue weighted by molar-refractivity contribution is 7.99. The van der Waals surface area contributed by atoms with Gasteiger partial charge in [0, 0.05) is 30.8 Å². The second kappa shape index (κ2) is 7.14. The third kappa shape index (κ3) is 3.76. The molecule has 0 aromatic heterocycles. The highest BCUT2D eigenvalue weighted by Crippen LogP contribution is 2.43. The van der Waals surface area contributed by atoms with E-state index in [1.807, 2.05) is 17.8 Å². The van der Waals surface area contributed by atoms with Crippen LogP contribution in [0.25, 0.3) is 0 Å². The molecule has 126 valence electrons. The Morgan fingerprint density at radius 3 is 2.61 bits per heavy atom. The Morgan fingerprint density at radius 1 is 1.00 bits per heavy atom. The van der Waals surface area contributed by atoms with Crippen molar-refractivity contribution in [2.24, 2.45) is 0 Å². The van der Waals surface area contributed by atoms with Crippen LogP contribution in [0.15, 0.2) is 30.3 Å². The van der Waals surface area contributed by atoms with Crippen molar-refractivity contribution in [1.82, 2.24) is 0 Å². The summed E-state index contributed by atoms with van der Waals surface area (Å²) in [4.78, 5) is 0. The van der Waals surface area contributed by atoms with Crippen molar-refractivity contribution in [2.45, 2.75) is 69.2 Å². The fraction of sp³-hybridized carbons (Fsp3) is 0.684. The third-order valence-electron chi connectivity index (χ3n) is 5.17. The van der Waals surface area contributed by atoms with Gasteiger partial charge < -0.3 is 14.2 Å². The predicted molar refractivity (Wildman–Crippen MR) is 92.5 cm³/mol. The second-order valence-electron chi connectivity index (χ2n) is 6.98. The fourth-order valence-corrected chi connectivity index (χ4v) is 5.09. The summed E-state index contributed by atoms with van der Waals surface area (Å²) in [7, 11) is 0. The average molecular weight is 334 g/mol. The van der Waals surface area contributed by atoms with Crippen LogP contribution >= 0.6 is 11.8 Å².